The number of halogens is 3. The van der Waals surface area contributed by atoms with E-state index in [0.717, 1.165) is 44.2 Å². The Morgan fingerprint density at radius 2 is 1.84 bits per heavy atom. The molecule has 3 fully saturated rings. The number of alkyl halides is 1. The van der Waals surface area contributed by atoms with Gasteiger partial charge in [0.25, 0.3) is 0 Å². The molecule has 1 amide bonds. The maximum atomic E-state index is 17.0. The van der Waals surface area contributed by atoms with Gasteiger partial charge in [0.05, 0.1) is 43.5 Å². The summed E-state index contributed by atoms with van der Waals surface area (Å²) in [5, 5.41) is 4.70. The van der Waals surface area contributed by atoms with Gasteiger partial charge < -0.3 is 24.4 Å². The summed E-state index contributed by atoms with van der Waals surface area (Å²) in [6, 6.07) is 8.62. The van der Waals surface area contributed by atoms with E-state index in [1.807, 2.05) is 24.0 Å². The van der Waals surface area contributed by atoms with Gasteiger partial charge in [0.15, 0.2) is 5.82 Å². The summed E-state index contributed by atoms with van der Waals surface area (Å²) in [5.41, 5.74) is 0.103. The minimum absolute atomic E-state index is 0.0601. The molecule has 5 aliphatic heterocycles. The summed E-state index contributed by atoms with van der Waals surface area (Å²) in [6.45, 7) is 5.81. The van der Waals surface area contributed by atoms with E-state index in [0.29, 0.717) is 67.6 Å². The summed E-state index contributed by atoms with van der Waals surface area (Å²) < 4.78 is 59.8. The number of anilines is 1. The number of ether oxygens (including phenoxy) is 3. The van der Waals surface area contributed by atoms with Crippen molar-refractivity contribution >= 4 is 33.6 Å². The molecule has 10 nitrogen and oxygen atoms in total. The number of carbonyl (C=O) groups excluding carboxylic acids is 1. The minimum Gasteiger partial charge on any atom is -0.461 e. The molecule has 3 saturated heterocycles. The maximum absolute atomic E-state index is 17.0. The van der Waals surface area contributed by atoms with Gasteiger partial charge >= 0.3 is 12.1 Å². The predicted molar refractivity (Wildman–Crippen MR) is 180 cm³/mol. The lowest BCUT2D eigenvalue weighted by atomic mass is 9.94. The van der Waals surface area contributed by atoms with Crippen LogP contribution in [0.1, 0.15) is 44.6 Å². The van der Waals surface area contributed by atoms with E-state index in [-0.39, 0.29) is 42.4 Å². The number of alkyl carbamates (subject to hydrolysis) is 1. The molecule has 0 unspecified atom stereocenters. The molecule has 9 rings (SSSR count). The zero-order valence-corrected chi connectivity index (χ0v) is 27.9. The predicted octanol–water partition coefficient (Wildman–Crippen LogP) is 5.98. The van der Waals surface area contributed by atoms with Crippen LogP contribution >= 0.6 is 0 Å². The van der Waals surface area contributed by atoms with Crippen LogP contribution in [0, 0.1) is 11.6 Å². The Hall–Kier alpha value is -4.23. The highest BCUT2D eigenvalue weighted by Crippen LogP contribution is 2.40. The highest BCUT2D eigenvalue weighted by molar-refractivity contribution is 6.01. The average molecular weight is 679 g/mol. The Labute approximate surface area is 282 Å². The number of nitrogens with zero attached hydrogens (tertiary/aromatic N) is 5. The molecule has 1 N–H and O–H groups in total. The van der Waals surface area contributed by atoms with Crippen LogP contribution in [0.3, 0.4) is 0 Å². The molecule has 6 bridgehead atoms. The van der Waals surface area contributed by atoms with Gasteiger partial charge in [-0.2, -0.15) is 9.97 Å². The van der Waals surface area contributed by atoms with E-state index in [1.165, 1.54) is 6.07 Å². The number of rotatable bonds is 3. The van der Waals surface area contributed by atoms with Gasteiger partial charge in [-0.15, -0.1) is 0 Å². The van der Waals surface area contributed by atoms with Gasteiger partial charge in [-0.05, 0) is 80.9 Å². The van der Waals surface area contributed by atoms with Crippen LogP contribution in [0.4, 0.5) is 23.8 Å². The summed E-state index contributed by atoms with van der Waals surface area (Å²) >= 11 is 0. The highest BCUT2D eigenvalue weighted by atomic mass is 19.1. The standard InChI is InChI=1S/C35H38F2N6O4.CH3F/c1-34-19-42(15-17-45-20-34)31-25-18-38-29(28(37)30(25)39-32(40-31)47-21-35-11-4-13-43(35)14-5-12-35)24-7-2-6-22-9-10-26(36)23(27(22)24)8-3-16-46-33(44)41-34;1-2/h2,6-7,9-10,18H,3-5,8,11-17,19-21H2,1H3,(H,41,44);1H3/t34-;/m1./s1. The highest BCUT2D eigenvalue weighted by Gasteiger charge is 2.45. The minimum atomic E-state index is -0.854. The van der Waals surface area contributed by atoms with Crippen molar-refractivity contribution in [2.75, 3.05) is 64.7 Å². The number of nitrogens with one attached hydrogen (secondary N) is 1. The molecule has 260 valence electrons. The Morgan fingerprint density at radius 1 is 1.02 bits per heavy atom. The molecule has 13 heteroatoms. The van der Waals surface area contributed by atoms with Crippen LogP contribution in [0.2, 0.25) is 0 Å². The Balaban J connectivity index is 0.00000186. The van der Waals surface area contributed by atoms with Crippen LogP contribution in [0.5, 0.6) is 6.01 Å². The first kappa shape index (κ1) is 33.3. The number of aryl methyl sites for hydroxylation is 1. The van der Waals surface area contributed by atoms with Crippen LogP contribution in [0.25, 0.3) is 32.9 Å². The summed E-state index contributed by atoms with van der Waals surface area (Å²) in [6.07, 6.45) is 5.96. The monoisotopic (exact) mass is 678 g/mol. The van der Waals surface area contributed by atoms with Crippen molar-refractivity contribution in [3.8, 4) is 17.3 Å². The number of amides is 1. The average Bonchev–Trinajstić information content (AvgIpc) is 3.63. The molecular formula is C36H41F3N6O4. The van der Waals surface area contributed by atoms with Crippen molar-refractivity contribution in [3.05, 3.63) is 53.7 Å². The topological polar surface area (TPSA) is 102 Å². The number of aromatic nitrogens is 3. The van der Waals surface area contributed by atoms with Crippen molar-refractivity contribution in [2.24, 2.45) is 0 Å². The molecule has 7 heterocycles. The van der Waals surface area contributed by atoms with Gasteiger partial charge in [-0.25, -0.2) is 13.6 Å². The Kier molecular flexibility index (Phi) is 9.23. The number of hydrogen-bond donors (Lipinski definition) is 1. The molecule has 1 atom stereocenters. The molecule has 4 aromatic rings. The smallest absolute Gasteiger partial charge is 0.407 e. The Bertz CT molecular complexity index is 1870. The first-order valence-corrected chi connectivity index (χ1v) is 16.9. The third kappa shape index (κ3) is 6.22. The first-order chi connectivity index (χ1) is 23.8. The summed E-state index contributed by atoms with van der Waals surface area (Å²) in [5.74, 6) is -0.602. The fourth-order valence-electron chi connectivity index (χ4n) is 8.02. The third-order valence-electron chi connectivity index (χ3n) is 10.2. The molecular weight excluding hydrogens is 637 g/mol. The normalized spacial score (nSPS) is 22.2. The summed E-state index contributed by atoms with van der Waals surface area (Å²) in [4.78, 5) is 31.6. The van der Waals surface area contributed by atoms with Crippen molar-refractivity contribution in [3.63, 3.8) is 0 Å². The number of fused-ring (bicyclic) bond motifs is 7. The first-order valence-electron chi connectivity index (χ1n) is 16.9. The molecule has 2 aromatic carbocycles. The largest absolute Gasteiger partial charge is 0.461 e. The van der Waals surface area contributed by atoms with E-state index in [1.54, 1.807) is 18.3 Å². The molecule has 49 heavy (non-hydrogen) atoms. The van der Waals surface area contributed by atoms with Gasteiger partial charge in [-0.3, -0.25) is 14.3 Å². The number of hydrogen-bond acceptors (Lipinski definition) is 9. The second-order valence-corrected chi connectivity index (χ2v) is 13.5. The maximum Gasteiger partial charge on any atom is 0.407 e. The van der Waals surface area contributed by atoms with Gasteiger partial charge in [0.2, 0.25) is 0 Å². The van der Waals surface area contributed by atoms with E-state index >= 15 is 8.78 Å². The van der Waals surface area contributed by atoms with Crippen LogP contribution in [-0.4, -0.2) is 96.8 Å². The molecule has 2 aromatic heterocycles. The van der Waals surface area contributed by atoms with Crippen LogP contribution < -0.4 is 15.0 Å². The second-order valence-electron chi connectivity index (χ2n) is 13.5. The molecule has 0 radical (unpaired) electrons. The van der Waals surface area contributed by atoms with E-state index < -0.39 is 23.3 Å². The van der Waals surface area contributed by atoms with Crippen molar-refractivity contribution in [2.45, 2.75) is 56.5 Å². The van der Waals surface area contributed by atoms with E-state index in [2.05, 4.69) is 20.2 Å². The fraction of sp³-hybridized carbons (Fsp3) is 0.500. The quantitative estimate of drug-likeness (QED) is 0.280. The van der Waals surface area contributed by atoms with Crippen molar-refractivity contribution in [1.29, 1.82) is 0 Å². The van der Waals surface area contributed by atoms with Crippen molar-refractivity contribution < 1.29 is 32.2 Å². The zero-order chi connectivity index (χ0) is 34.2. The number of benzene rings is 2. The molecule has 0 spiro atoms. The number of pyridine rings is 1. The molecule has 0 saturated carbocycles. The van der Waals surface area contributed by atoms with Gasteiger partial charge in [-0.1, -0.05) is 24.3 Å². The summed E-state index contributed by atoms with van der Waals surface area (Å²) in [7, 11) is 0.500. The number of carbonyl (C=O) groups is 1. The SMILES string of the molecule is CF.C[C@]12COCCN(C1)c1nc(OCC34CCCN3CCC4)nc3c(F)c(ncc13)-c1cccc3ccc(F)c(c13)CCCOC(=O)N2. The lowest BCUT2D eigenvalue weighted by Gasteiger charge is -2.34. The van der Waals surface area contributed by atoms with Gasteiger partial charge in [0.1, 0.15) is 29.5 Å². The third-order valence-corrected chi connectivity index (χ3v) is 10.2. The second kappa shape index (κ2) is 13.6. The fourth-order valence-corrected chi connectivity index (χ4v) is 8.02. The van der Waals surface area contributed by atoms with E-state index in [4.69, 9.17) is 19.2 Å². The zero-order valence-electron chi connectivity index (χ0n) is 27.9. The van der Waals surface area contributed by atoms with Crippen molar-refractivity contribution in [1.82, 2.24) is 25.2 Å². The lowest BCUT2D eigenvalue weighted by Crippen LogP contribution is -2.55. The lowest BCUT2D eigenvalue weighted by molar-refractivity contribution is 0.0870. The molecule has 5 aliphatic rings. The van der Waals surface area contributed by atoms with E-state index in [9.17, 15) is 9.18 Å². The Morgan fingerprint density at radius 3 is 2.65 bits per heavy atom. The molecule has 0 aliphatic carbocycles. The van der Waals surface area contributed by atoms with Crippen LogP contribution in [-0.2, 0) is 15.9 Å². The van der Waals surface area contributed by atoms with Crippen LogP contribution in [0.15, 0.2) is 36.5 Å². The van der Waals surface area contributed by atoms with Gasteiger partial charge in [0, 0.05) is 24.8 Å².